The molecule has 0 aliphatic carbocycles. The minimum Gasteiger partial charge on any atom is -0.460 e. The Morgan fingerprint density at radius 2 is 1.90 bits per heavy atom. The molecule has 2 heterocycles. The van der Waals surface area contributed by atoms with E-state index in [0.717, 1.165) is 16.9 Å². The van der Waals surface area contributed by atoms with Gasteiger partial charge in [0.25, 0.3) is 10.0 Å². The van der Waals surface area contributed by atoms with Gasteiger partial charge < -0.3 is 9.15 Å². The lowest BCUT2D eigenvalue weighted by atomic mass is 10.1. The summed E-state index contributed by atoms with van der Waals surface area (Å²) in [4.78, 5) is 12.7. The third kappa shape index (κ3) is 4.03. The summed E-state index contributed by atoms with van der Waals surface area (Å²) in [6, 6.07) is 17.4. The third-order valence-electron chi connectivity index (χ3n) is 4.29. The SMILES string of the molecule is Cc1oc2ccc(NS(=O)(=O)c3cccs3)cc2c1C(=O)OCc1ccccc1. The summed E-state index contributed by atoms with van der Waals surface area (Å²) in [7, 11) is -3.69. The lowest BCUT2D eigenvalue weighted by Crippen LogP contribution is -2.11. The molecule has 0 fully saturated rings. The number of fused-ring (bicyclic) bond motifs is 1. The molecule has 148 valence electrons. The zero-order valence-corrected chi connectivity index (χ0v) is 17.0. The van der Waals surface area contributed by atoms with E-state index in [1.165, 1.54) is 6.07 Å². The number of hydrogen-bond donors (Lipinski definition) is 1. The summed E-state index contributed by atoms with van der Waals surface area (Å²) >= 11 is 1.13. The Hall–Kier alpha value is -3.10. The van der Waals surface area contributed by atoms with Crippen molar-refractivity contribution in [2.45, 2.75) is 17.7 Å². The third-order valence-corrected chi connectivity index (χ3v) is 7.07. The molecule has 0 radical (unpaired) electrons. The molecule has 2 aromatic heterocycles. The number of carbonyl (C=O) groups is 1. The summed E-state index contributed by atoms with van der Waals surface area (Å²) < 4.78 is 38.8. The number of furan rings is 1. The Morgan fingerprint density at radius 3 is 2.62 bits per heavy atom. The fourth-order valence-corrected chi connectivity index (χ4v) is 5.00. The number of aryl methyl sites for hydroxylation is 1. The van der Waals surface area contributed by atoms with Crippen LogP contribution in [0.25, 0.3) is 11.0 Å². The van der Waals surface area contributed by atoms with Crippen LogP contribution in [-0.2, 0) is 21.4 Å². The van der Waals surface area contributed by atoms with Gasteiger partial charge in [-0.2, -0.15) is 0 Å². The Bertz CT molecular complexity index is 1260. The Labute approximate surface area is 171 Å². The van der Waals surface area contributed by atoms with Gasteiger partial charge in [-0.05, 0) is 42.1 Å². The minimum absolute atomic E-state index is 0.135. The molecule has 0 saturated heterocycles. The van der Waals surface area contributed by atoms with Gasteiger partial charge in [-0.15, -0.1) is 11.3 Å². The zero-order valence-electron chi connectivity index (χ0n) is 15.4. The molecule has 0 aliphatic rings. The van der Waals surface area contributed by atoms with E-state index in [1.54, 1.807) is 36.6 Å². The first-order valence-corrected chi connectivity index (χ1v) is 11.1. The van der Waals surface area contributed by atoms with Crippen molar-refractivity contribution < 1.29 is 22.4 Å². The highest BCUT2D eigenvalue weighted by molar-refractivity contribution is 7.94. The van der Waals surface area contributed by atoms with Gasteiger partial charge in [-0.3, -0.25) is 4.72 Å². The maximum absolute atomic E-state index is 12.7. The van der Waals surface area contributed by atoms with Gasteiger partial charge in [-0.25, -0.2) is 13.2 Å². The molecule has 29 heavy (non-hydrogen) atoms. The van der Waals surface area contributed by atoms with Crippen molar-refractivity contribution in [1.82, 2.24) is 0 Å². The molecule has 6 nitrogen and oxygen atoms in total. The Balaban J connectivity index is 1.62. The van der Waals surface area contributed by atoms with E-state index in [1.807, 2.05) is 30.3 Å². The predicted molar refractivity (Wildman–Crippen MR) is 112 cm³/mol. The molecule has 0 atom stereocenters. The van der Waals surface area contributed by atoms with Gasteiger partial charge in [-0.1, -0.05) is 36.4 Å². The van der Waals surface area contributed by atoms with E-state index >= 15 is 0 Å². The summed E-state index contributed by atoms with van der Waals surface area (Å²) in [5.41, 5.74) is 1.97. The number of esters is 1. The van der Waals surface area contributed by atoms with E-state index < -0.39 is 16.0 Å². The molecule has 1 N–H and O–H groups in total. The maximum Gasteiger partial charge on any atom is 0.342 e. The average molecular weight is 428 g/mol. The Kier molecular flexibility index (Phi) is 5.12. The summed E-state index contributed by atoms with van der Waals surface area (Å²) in [5, 5.41) is 2.19. The van der Waals surface area contributed by atoms with Gasteiger partial charge in [0, 0.05) is 11.1 Å². The van der Waals surface area contributed by atoms with Gasteiger partial charge in [0.05, 0.1) is 0 Å². The lowest BCUT2D eigenvalue weighted by molar-refractivity contribution is 0.0473. The van der Waals surface area contributed by atoms with Crippen molar-refractivity contribution in [2.24, 2.45) is 0 Å². The van der Waals surface area contributed by atoms with Crippen molar-refractivity contribution in [3.8, 4) is 0 Å². The van der Waals surface area contributed by atoms with Crippen LogP contribution in [0.5, 0.6) is 0 Å². The van der Waals surface area contributed by atoms with Crippen LogP contribution in [0.15, 0.2) is 74.7 Å². The molecule has 0 aliphatic heterocycles. The fraction of sp³-hybridized carbons (Fsp3) is 0.0952. The molecule has 2 aromatic carbocycles. The number of rotatable bonds is 6. The second-order valence-electron chi connectivity index (χ2n) is 6.34. The first-order chi connectivity index (χ1) is 13.9. The monoisotopic (exact) mass is 427 g/mol. The summed E-state index contributed by atoms with van der Waals surface area (Å²) in [6.07, 6.45) is 0. The maximum atomic E-state index is 12.7. The smallest absolute Gasteiger partial charge is 0.342 e. The fourth-order valence-electron chi connectivity index (χ4n) is 2.95. The molecule has 0 amide bonds. The summed E-state index contributed by atoms with van der Waals surface area (Å²) in [6.45, 7) is 1.81. The summed E-state index contributed by atoms with van der Waals surface area (Å²) in [5.74, 6) is -0.111. The Morgan fingerprint density at radius 1 is 1.10 bits per heavy atom. The van der Waals surface area contributed by atoms with Gasteiger partial charge in [0.15, 0.2) is 0 Å². The highest BCUT2D eigenvalue weighted by Crippen LogP contribution is 2.30. The van der Waals surface area contributed by atoms with Crippen LogP contribution in [0.4, 0.5) is 5.69 Å². The molecule has 0 saturated carbocycles. The standard InChI is InChI=1S/C21H17NO5S2/c1-14-20(21(23)26-13-15-6-3-2-4-7-15)17-12-16(9-10-18(17)27-14)22-29(24,25)19-8-5-11-28-19/h2-12,22H,13H2,1H3. The van der Waals surface area contributed by atoms with Crippen LogP contribution < -0.4 is 4.72 Å². The van der Waals surface area contributed by atoms with E-state index in [2.05, 4.69) is 4.72 Å². The van der Waals surface area contributed by atoms with Crippen molar-refractivity contribution in [3.05, 3.63) is 82.9 Å². The predicted octanol–water partition coefficient (Wildman–Crippen LogP) is 4.96. The second-order valence-corrected chi connectivity index (χ2v) is 9.20. The molecule has 4 aromatic rings. The van der Waals surface area contributed by atoms with Crippen molar-refractivity contribution in [3.63, 3.8) is 0 Å². The minimum atomic E-state index is -3.69. The van der Waals surface area contributed by atoms with Crippen LogP contribution in [-0.4, -0.2) is 14.4 Å². The van der Waals surface area contributed by atoms with Crippen molar-refractivity contribution >= 4 is 44.0 Å². The number of carbonyl (C=O) groups excluding carboxylic acids is 1. The molecule has 0 spiro atoms. The highest BCUT2D eigenvalue weighted by Gasteiger charge is 2.21. The first kappa shape index (κ1) is 19.2. The van der Waals surface area contributed by atoms with Crippen LogP contribution in [0.2, 0.25) is 0 Å². The first-order valence-electron chi connectivity index (χ1n) is 8.74. The van der Waals surface area contributed by atoms with Crippen LogP contribution >= 0.6 is 11.3 Å². The van der Waals surface area contributed by atoms with E-state index in [0.29, 0.717) is 22.4 Å². The average Bonchev–Trinajstić information content (AvgIpc) is 3.34. The number of thiophene rings is 1. The number of hydrogen-bond acceptors (Lipinski definition) is 6. The topological polar surface area (TPSA) is 85.6 Å². The molecular weight excluding hydrogens is 410 g/mol. The molecule has 0 unspecified atom stereocenters. The zero-order chi connectivity index (χ0) is 20.4. The number of benzene rings is 2. The molecule has 0 bridgehead atoms. The number of anilines is 1. The van der Waals surface area contributed by atoms with Crippen LogP contribution in [0, 0.1) is 6.92 Å². The number of nitrogens with one attached hydrogen (secondary N) is 1. The van der Waals surface area contributed by atoms with Gasteiger partial charge in [0.1, 0.15) is 27.7 Å². The van der Waals surface area contributed by atoms with Gasteiger partial charge >= 0.3 is 5.97 Å². The normalized spacial score (nSPS) is 11.5. The lowest BCUT2D eigenvalue weighted by Gasteiger charge is -2.07. The quantitative estimate of drug-likeness (QED) is 0.440. The van der Waals surface area contributed by atoms with Crippen LogP contribution in [0.3, 0.4) is 0 Å². The highest BCUT2D eigenvalue weighted by atomic mass is 32.2. The van der Waals surface area contributed by atoms with E-state index in [4.69, 9.17) is 9.15 Å². The second kappa shape index (κ2) is 7.73. The van der Waals surface area contributed by atoms with Crippen molar-refractivity contribution in [1.29, 1.82) is 0 Å². The molecular formula is C21H17NO5S2. The number of ether oxygens (including phenoxy) is 1. The van der Waals surface area contributed by atoms with E-state index in [9.17, 15) is 13.2 Å². The van der Waals surface area contributed by atoms with E-state index in [-0.39, 0.29) is 16.4 Å². The van der Waals surface area contributed by atoms with Gasteiger partial charge in [0.2, 0.25) is 0 Å². The number of sulfonamides is 1. The van der Waals surface area contributed by atoms with Crippen molar-refractivity contribution in [2.75, 3.05) is 4.72 Å². The molecule has 4 rings (SSSR count). The van der Waals surface area contributed by atoms with Crippen LogP contribution in [0.1, 0.15) is 21.7 Å². The molecule has 8 heteroatoms. The largest absolute Gasteiger partial charge is 0.460 e.